The number of nitrogens with zero attached hydrogens (tertiary/aromatic N) is 2. The smallest absolute Gasteiger partial charge is 0.414 e. The number of hydrogen-bond donors (Lipinski definition) is 2. The van der Waals surface area contributed by atoms with Crippen molar-refractivity contribution < 1.29 is 33.4 Å². The second-order valence-corrected chi connectivity index (χ2v) is 13.4. The highest BCUT2D eigenvalue weighted by Gasteiger charge is 2.70. The molecule has 2 fully saturated rings. The number of esters is 1. The first-order valence-corrected chi connectivity index (χ1v) is 12.5. The van der Waals surface area contributed by atoms with Crippen LogP contribution in [0.5, 0.6) is 0 Å². The van der Waals surface area contributed by atoms with Crippen molar-refractivity contribution in [1.29, 1.82) is 0 Å². The Morgan fingerprint density at radius 2 is 1.35 bits per heavy atom. The summed E-state index contributed by atoms with van der Waals surface area (Å²) >= 11 is 0. The van der Waals surface area contributed by atoms with Gasteiger partial charge in [0, 0.05) is 12.5 Å². The van der Waals surface area contributed by atoms with Gasteiger partial charge in [0.15, 0.2) is 0 Å². The molecule has 1 aliphatic carbocycles. The number of methoxy groups -OCH3 is 1. The van der Waals surface area contributed by atoms with Crippen molar-refractivity contribution in [2.75, 3.05) is 13.7 Å². The predicted molar refractivity (Wildman–Crippen MR) is 138 cm³/mol. The van der Waals surface area contributed by atoms with Crippen LogP contribution in [0.3, 0.4) is 0 Å². The van der Waals surface area contributed by atoms with Crippen molar-refractivity contribution in [2.24, 2.45) is 27.7 Å². The maximum absolute atomic E-state index is 13.9. The molecule has 1 saturated heterocycles. The Labute approximate surface area is 220 Å². The molecule has 2 rings (SSSR count). The number of piperidine rings is 1. The standard InChI is InChI=1S/C26H44N4O7/c1-23(2,3)17(18(31)30-13-14-15(26(14,10)11)16(30)19(32)35-12)27-20(28-21(33)36-24(4,5)6)29-22(34)37-25(7,8)9/h14-17H,13H2,1-12H3,(H2,27,28,29,33,34)/t14-,15-,16-,17+/m0/s1. The third-order valence-electron chi connectivity index (χ3n) is 6.49. The number of carbonyl (C=O) groups excluding carboxylic acids is 4. The lowest BCUT2D eigenvalue weighted by Crippen LogP contribution is -2.54. The first kappa shape index (κ1) is 30.4. The minimum absolute atomic E-state index is 0.00672. The SMILES string of the molecule is COC(=O)[C@@H]1[C@@H]2[C@H](CN1C(=O)[C@@H](N=C(NC(=O)OC(C)(C)C)NC(=O)OC(C)(C)C)C(C)(C)C)C2(C)C. The van der Waals surface area contributed by atoms with E-state index in [1.165, 1.54) is 12.0 Å². The lowest BCUT2D eigenvalue weighted by molar-refractivity contribution is -0.154. The number of carbonyl (C=O) groups is 4. The highest BCUT2D eigenvalue weighted by molar-refractivity contribution is 6.02. The molecule has 4 atom stereocenters. The molecular formula is C26H44N4O7. The molecule has 0 bridgehead atoms. The Morgan fingerprint density at radius 3 is 1.73 bits per heavy atom. The van der Waals surface area contributed by atoms with E-state index in [2.05, 4.69) is 29.5 Å². The van der Waals surface area contributed by atoms with Crippen LogP contribution in [0.4, 0.5) is 9.59 Å². The maximum Gasteiger partial charge on any atom is 0.414 e. The average Bonchev–Trinajstić information content (AvgIpc) is 3.03. The van der Waals surface area contributed by atoms with Gasteiger partial charge in [-0.3, -0.25) is 15.4 Å². The van der Waals surface area contributed by atoms with Crippen LogP contribution in [0, 0.1) is 22.7 Å². The van der Waals surface area contributed by atoms with Gasteiger partial charge >= 0.3 is 18.2 Å². The van der Waals surface area contributed by atoms with E-state index in [-0.39, 0.29) is 23.2 Å². The van der Waals surface area contributed by atoms with E-state index >= 15 is 0 Å². The number of ether oxygens (including phenoxy) is 3. The summed E-state index contributed by atoms with van der Waals surface area (Å²) in [7, 11) is 1.31. The fraction of sp³-hybridized carbons (Fsp3) is 0.808. The van der Waals surface area contributed by atoms with E-state index in [1.54, 1.807) is 41.5 Å². The molecule has 2 aliphatic rings. The van der Waals surface area contributed by atoms with Crippen molar-refractivity contribution in [1.82, 2.24) is 15.5 Å². The monoisotopic (exact) mass is 524 g/mol. The van der Waals surface area contributed by atoms with Gasteiger partial charge in [-0.05, 0) is 58.3 Å². The average molecular weight is 525 g/mol. The summed E-state index contributed by atoms with van der Waals surface area (Å²) in [4.78, 5) is 57.7. The van der Waals surface area contributed by atoms with Gasteiger partial charge in [-0.15, -0.1) is 0 Å². The highest BCUT2D eigenvalue weighted by atomic mass is 16.6. The molecule has 11 nitrogen and oxygen atoms in total. The third-order valence-corrected chi connectivity index (χ3v) is 6.49. The number of nitrogens with one attached hydrogen (secondary N) is 2. The van der Waals surface area contributed by atoms with Gasteiger partial charge in [0.2, 0.25) is 11.9 Å². The molecule has 0 aromatic heterocycles. The third kappa shape index (κ3) is 7.58. The minimum atomic E-state index is -1.06. The zero-order chi connectivity index (χ0) is 28.7. The topological polar surface area (TPSA) is 136 Å². The molecule has 0 aromatic rings. The molecule has 3 amide bonds. The van der Waals surface area contributed by atoms with E-state index in [0.717, 1.165) is 0 Å². The molecule has 210 valence electrons. The summed E-state index contributed by atoms with van der Waals surface area (Å²) < 4.78 is 15.6. The van der Waals surface area contributed by atoms with Crippen molar-refractivity contribution in [3.63, 3.8) is 0 Å². The van der Waals surface area contributed by atoms with Crippen LogP contribution in [0.25, 0.3) is 0 Å². The number of rotatable bonds is 3. The van der Waals surface area contributed by atoms with Gasteiger partial charge in [0.25, 0.3) is 0 Å². The Bertz CT molecular complexity index is 921. The molecule has 37 heavy (non-hydrogen) atoms. The fourth-order valence-electron chi connectivity index (χ4n) is 4.71. The van der Waals surface area contributed by atoms with Crippen LogP contribution >= 0.6 is 0 Å². The van der Waals surface area contributed by atoms with Crippen LogP contribution < -0.4 is 10.6 Å². The summed E-state index contributed by atoms with van der Waals surface area (Å²) in [5, 5.41) is 4.86. The normalized spacial score (nSPS) is 23.2. The molecule has 0 aromatic carbocycles. The van der Waals surface area contributed by atoms with Crippen LogP contribution in [0.1, 0.15) is 76.2 Å². The number of aliphatic imine (C=N–C) groups is 1. The first-order chi connectivity index (χ1) is 16.6. The van der Waals surface area contributed by atoms with Gasteiger partial charge in [-0.1, -0.05) is 34.6 Å². The zero-order valence-electron chi connectivity index (χ0n) is 24.3. The second kappa shape index (κ2) is 10.1. The van der Waals surface area contributed by atoms with E-state index in [1.807, 2.05) is 20.8 Å². The van der Waals surface area contributed by atoms with Crippen molar-refractivity contribution in [3.8, 4) is 0 Å². The fourth-order valence-corrected chi connectivity index (χ4v) is 4.71. The van der Waals surface area contributed by atoms with Crippen molar-refractivity contribution in [3.05, 3.63) is 0 Å². The summed E-state index contributed by atoms with van der Waals surface area (Å²) in [5.41, 5.74) is -2.43. The largest absolute Gasteiger partial charge is 0.467 e. The van der Waals surface area contributed by atoms with Crippen molar-refractivity contribution in [2.45, 2.75) is 99.4 Å². The van der Waals surface area contributed by atoms with Gasteiger partial charge in [0.05, 0.1) is 7.11 Å². The maximum atomic E-state index is 13.9. The van der Waals surface area contributed by atoms with Crippen LogP contribution in [-0.4, -0.2) is 71.9 Å². The molecule has 1 aliphatic heterocycles. The van der Waals surface area contributed by atoms with Crippen LogP contribution in [-0.2, 0) is 23.8 Å². The van der Waals surface area contributed by atoms with Gasteiger partial charge in [0.1, 0.15) is 23.3 Å². The highest BCUT2D eigenvalue weighted by Crippen LogP contribution is 2.65. The Hall–Kier alpha value is -2.85. The van der Waals surface area contributed by atoms with E-state index < -0.39 is 52.8 Å². The van der Waals surface area contributed by atoms with E-state index in [4.69, 9.17) is 14.2 Å². The van der Waals surface area contributed by atoms with Crippen LogP contribution in [0.15, 0.2) is 4.99 Å². The summed E-state index contributed by atoms with van der Waals surface area (Å²) in [6, 6.07) is -1.78. The molecule has 1 saturated carbocycles. The summed E-state index contributed by atoms with van der Waals surface area (Å²) in [6.07, 6.45) is -1.72. The van der Waals surface area contributed by atoms with Gasteiger partial charge in [-0.2, -0.15) is 0 Å². The number of likely N-dealkylation sites (tertiary alicyclic amines) is 1. The number of hydrogen-bond acceptors (Lipinski definition) is 8. The Morgan fingerprint density at radius 1 is 0.892 bits per heavy atom. The van der Waals surface area contributed by atoms with E-state index in [0.29, 0.717) is 6.54 Å². The Balaban J connectivity index is 2.42. The molecule has 2 N–H and O–H groups in total. The molecular weight excluding hydrogens is 480 g/mol. The molecule has 0 unspecified atom stereocenters. The number of alkyl carbamates (subject to hydrolysis) is 2. The molecule has 0 spiro atoms. The van der Waals surface area contributed by atoms with Gasteiger partial charge < -0.3 is 19.1 Å². The molecule has 1 heterocycles. The summed E-state index contributed by atoms with van der Waals surface area (Å²) in [6.45, 7) is 20.1. The second-order valence-electron chi connectivity index (χ2n) is 13.4. The van der Waals surface area contributed by atoms with Crippen LogP contribution in [0.2, 0.25) is 0 Å². The van der Waals surface area contributed by atoms with Crippen molar-refractivity contribution >= 4 is 30.0 Å². The first-order valence-electron chi connectivity index (χ1n) is 12.5. The number of amides is 3. The zero-order valence-corrected chi connectivity index (χ0v) is 24.3. The lowest BCUT2D eigenvalue weighted by atomic mass is 9.85. The number of guanidine groups is 1. The molecule has 11 heteroatoms. The minimum Gasteiger partial charge on any atom is -0.467 e. The lowest BCUT2D eigenvalue weighted by Gasteiger charge is -2.35. The summed E-state index contributed by atoms with van der Waals surface area (Å²) in [5.74, 6) is -1.00. The quantitative estimate of drug-likeness (QED) is 0.250. The van der Waals surface area contributed by atoms with Gasteiger partial charge in [-0.25, -0.2) is 19.4 Å². The van der Waals surface area contributed by atoms with E-state index in [9.17, 15) is 19.2 Å². The number of fused-ring (bicyclic) bond motifs is 1. The predicted octanol–water partition coefficient (Wildman–Crippen LogP) is 3.46. The Kier molecular flexibility index (Phi) is 8.32. The molecule has 0 radical (unpaired) electrons.